The van der Waals surface area contributed by atoms with Crippen LogP contribution in [0.3, 0.4) is 0 Å². The van der Waals surface area contributed by atoms with Crippen LogP contribution < -0.4 is 0 Å². The third-order valence-corrected chi connectivity index (χ3v) is 5.59. The van der Waals surface area contributed by atoms with Gasteiger partial charge in [-0.3, -0.25) is 4.79 Å². The standard InChI is InChI=1S/C15H24O2Si/c1-15(2,3)12-18(4,5)17-11-14-9-7-6-8-13(14)10-16/h6-10H,11-12H2,1-5H3. The van der Waals surface area contributed by atoms with E-state index in [2.05, 4.69) is 33.9 Å². The average Bonchev–Trinajstić information content (AvgIpc) is 2.23. The van der Waals surface area contributed by atoms with Crippen LogP contribution in [-0.2, 0) is 11.0 Å². The number of benzene rings is 1. The highest BCUT2D eigenvalue weighted by Crippen LogP contribution is 2.29. The Kier molecular flexibility index (Phi) is 4.88. The first-order valence-electron chi connectivity index (χ1n) is 6.41. The molecule has 0 saturated carbocycles. The smallest absolute Gasteiger partial charge is 0.187 e. The van der Waals surface area contributed by atoms with E-state index in [-0.39, 0.29) is 0 Å². The van der Waals surface area contributed by atoms with Crippen LogP contribution in [0.1, 0.15) is 36.7 Å². The van der Waals surface area contributed by atoms with Gasteiger partial charge in [0.2, 0.25) is 0 Å². The molecule has 0 aromatic heterocycles. The van der Waals surface area contributed by atoms with E-state index in [1.165, 1.54) is 0 Å². The third kappa shape index (κ3) is 5.15. The Morgan fingerprint density at radius 1 is 1.22 bits per heavy atom. The lowest BCUT2D eigenvalue weighted by Crippen LogP contribution is -2.34. The molecule has 3 heteroatoms. The minimum absolute atomic E-state index is 0.292. The van der Waals surface area contributed by atoms with Crippen molar-refractivity contribution < 1.29 is 9.22 Å². The highest BCUT2D eigenvalue weighted by Gasteiger charge is 2.29. The van der Waals surface area contributed by atoms with Gasteiger partial charge in [0.1, 0.15) is 6.29 Å². The molecule has 100 valence electrons. The summed E-state index contributed by atoms with van der Waals surface area (Å²) in [6.07, 6.45) is 0.900. The summed E-state index contributed by atoms with van der Waals surface area (Å²) in [5.41, 5.74) is 2.01. The fourth-order valence-corrected chi connectivity index (χ4v) is 5.58. The zero-order valence-corrected chi connectivity index (χ0v) is 13.1. The Balaban J connectivity index is 2.67. The minimum atomic E-state index is -1.67. The van der Waals surface area contributed by atoms with Crippen molar-refractivity contribution in [1.29, 1.82) is 0 Å². The Morgan fingerprint density at radius 3 is 2.39 bits per heavy atom. The first-order chi connectivity index (χ1) is 8.23. The maximum atomic E-state index is 10.9. The Hall–Kier alpha value is -0.933. The summed E-state index contributed by atoms with van der Waals surface area (Å²) in [7, 11) is -1.67. The molecule has 0 heterocycles. The van der Waals surface area contributed by atoms with Crippen molar-refractivity contribution in [2.75, 3.05) is 0 Å². The van der Waals surface area contributed by atoms with E-state index in [0.717, 1.165) is 23.5 Å². The van der Waals surface area contributed by atoms with Crippen LogP contribution in [0, 0.1) is 5.41 Å². The lowest BCUT2D eigenvalue weighted by molar-refractivity contribution is 0.112. The maximum absolute atomic E-state index is 10.9. The van der Waals surface area contributed by atoms with E-state index in [9.17, 15) is 4.79 Å². The maximum Gasteiger partial charge on any atom is 0.187 e. The molecule has 18 heavy (non-hydrogen) atoms. The summed E-state index contributed by atoms with van der Waals surface area (Å²) >= 11 is 0. The van der Waals surface area contributed by atoms with Crippen molar-refractivity contribution in [2.45, 2.75) is 46.5 Å². The molecular weight excluding hydrogens is 240 g/mol. The summed E-state index contributed by atoms with van der Waals surface area (Å²) in [4.78, 5) is 10.9. The quantitative estimate of drug-likeness (QED) is 0.586. The Labute approximate surface area is 111 Å². The minimum Gasteiger partial charge on any atom is -0.413 e. The lowest BCUT2D eigenvalue weighted by atomic mass is 10.0. The van der Waals surface area contributed by atoms with Crippen LogP contribution in [0.5, 0.6) is 0 Å². The normalized spacial score (nSPS) is 12.5. The van der Waals surface area contributed by atoms with E-state index in [4.69, 9.17) is 4.43 Å². The zero-order valence-electron chi connectivity index (χ0n) is 12.1. The van der Waals surface area contributed by atoms with Crippen LogP contribution in [-0.4, -0.2) is 14.6 Å². The van der Waals surface area contributed by atoms with E-state index in [0.29, 0.717) is 12.0 Å². The molecule has 0 bridgehead atoms. The van der Waals surface area contributed by atoms with Gasteiger partial charge >= 0.3 is 0 Å². The van der Waals surface area contributed by atoms with E-state index in [1.54, 1.807) is 0 Å². The van der Waals surface area contributed by atoms with E-state index < -0.39 is 8.32 Å². The van der Waals surface area contributed by atoms with Gasteiger partial charge in [-0.15, -0.1) is 0 Å². The number of aldehydes is 1. The van der Waals surface area contributed by atoms with Crippen molar-refractivity contribution >= 4 is 14.6 Å². The number of rotatable bonds is 5. The van der Waals surface area contributed by atoms with Crippen LogP contribution >= 0.6 is 0 Å². The fourth-order valence-electron chi connectivity index (χ4n) is 2.38. The van der Waals surface area contributed by atoms with Gasteiger partial charge in [-0.1, -0.05) is 45.0 Å². The number of hydrogen-bond donors (Lipinski definition) is 0. The zero-order chi connectivity index (χ0) is 13.8. The van der Waals surface area contributed by atoms with E-state index in [1.807, 2.05) is 24.3 Å². The molecule has 0 spiro atoms. The number of hydrogen-bond acceptors (Lipinski definition) is 2. The number of carbonyl (C=O) groups is 1. The SMILES string of the molecule is CC(C)(C)C[Si](C)(C)OCc1ccccc1C=O. The van der Waals surface area contributed by atoms with Gasteiger partial charge in [-0.2, -0.15) is 0 Å². The molecule has 1 aromatic carbocycles. The molecule has 0 N–H and O–H groups in total. The van der Waals surface area contributed by atoms with Crippen LogP contribution in [0.25, 0.3) is 0 Å². The first kappa shape index (κ1) is 15.1. The molecule has 1 aromatic rings. The predicted molar refractivity (Wildman–Crippen MR) is 78.4 cm³/mol. The second kappa shape index (κ2) is 5.80. The van der Waals surface area contributed by atoms with Gasteiger partial charge < -0.3 is 4.43 Å². The third-order valence-electron chi connectivity index (χ3n) is 2.76. The fraction of sp³-hybridized carbons (Fsp3) is 0.533. The summed E-state index contributed by atoms with van der Waals surface area (Å²) < 4.78 is 6.11. The summed E-state index contributed by atoms with van der Waals surface area (Å²) in [5, 5.41) is 0. The molecule has 0 aliphatic rings. The second-order valence-electron chi connectivity index (χ2n) is 6.60. The first-order valence-corrected chi connectivity index (χ1v) is 9.52. The van der Waals surface area contributed by atoms with Crippen molar-refractivity contribution in [3.63, 3.8) is 0 Å². The van der Waals surface area contributed by atoms with Gasteiger partial charge in [-0.25, -0.2) is 0 Å². The van der Waals surface area contributed by atoms with Crippen molar-refractivity contribution in [1.82, 2.24) is 0 Å². The van der Waals surface area contributed by atoms with Crippen LogP contribution in [0.4, 0.5) is 0 Å². The van der Waals surface area contributed by atoms with Crippen molar-refractivity contribution in [3.8, 4) is 0 Å². The summed E-state index contributed by atoms with van der Waals surface area (Å²) in [6, 6.07) is 8.74. The Bertz CT molecular complexity index is 405. The van der Waals surface area contributed by atoms with Crippen LogP contribution in [0.15, 0.2) is 24.3 Å². The number of carbonyl (C=O) groups excluding carboxylic acids is 1. The molecule has 0 radical (unpaired) electrons. The van der Waals surface area contributed by atoms with Crippen LogP contribution in [0.2, 0.25) is 19.1 Å². The largest absolute Gasteiger partial charge is 0.413 e. The van der Waals surface area contributed by atoms with Gasteiger partial charge in [0.15, 0.2) is 8.32 Å². The molecule has 0 aliphatic heterocycles. The molecule has 2 nitrogen and oxygen atoms in total. The Morgan fingerprint density at radius 2 is 1.83 bits per heavy atom. The molecular formula is C15H24O2Si. The molecule has 0 saturated heterocycles. The molecule has 0 atom stereocenters. The van der Waals surface area contributed by atoms with Gasteiger partial charge in [-0.05, 0) is 30.1 Å². The van der Waals surface area contributed by atoms with Gasteiger partial charge in [0.25, 0.3) is 0 Å². The van der Waals surface area contributed by atoms with Gasteiger partial charge in [0.05, 0.1) is 6.61 Å². The van der Waals surface area contributed by atoms with Gasteiger partial charge in [0, 0.05) is 5.56 Å². The highest BCUT2D eigenvalue weighted by molar-refractivity contribution is 6.71. The molecule has 0 amide bonds. The molecule has 0 aliphatic carbocycles. The van der Waals surface area contributed by atoms with Crippen molar-refractivity contribution in [3.05, 3.63) is 35.4 Å². The second-order valence-corrected chi connectivity index (χ2v) is 10.8. The lowest BCUT2D eigenvalue weighted by Gasteiger charge is -2.30. The van der Waals surface area contributed by atoms with Crippen molar-refractivity contribution in [2.24, 2.45) is 5.41 Å². The van der Waals surface area contributed by atoms with E-state index >= 15 is 0 Å². The topological polar surface area (TPSA) is 26.3 Å². The summed E-state index contributed by atoms with van der Waals surface area (Å²) in [5.74, 6) is 0. The molecule has 0 unspecified atom stereocenters. The monoisotopic (exact) mass is 264 g/mol. The highest BCUT2D eigenvalue weighted by atomic mass is 28.4. The molecule has 0 fully saturated rings. The average molecular weight is 264 g/mol. The predicted octanol–water partition coefficient (Wildman–Crippen LogP) is 4.27. The summed E-state index contributed by atoms with van der Waals surface area (Å²) in [6.45, 7) is 11.7. The molecule has 1 rings (SSSR count).